The van der Waals surface area contributed by atoms with E-state index < -0.39 is 0 Å². The van der Waals surface area contributed by atoms with Crippen molar-refractivity contribution in [1.29, 1.82) is 0 Å². The van der Waals surface area contributed by atoms with E-state index in [4.69, 9.17) is 14.4 Å². The highest BCUT2D eigenvalue weighted by Crippen LogP contribution is 2.45. The first-order chi connectivity index (χ1) is 26.3. The van der Waals surface area contributed by atoms with E-state index in [-0.39, 0.29) is 0 Å². The monoisotopic (exact) mass is 672 g/mol. The Balaban J connectivity index is 1.17. The minimum Gasteiger partial charge on any atom is -0.455 e. The molecule has 0 aliphatic carbocycles. The highest BCUT2D eigenvalue weighted by atomic mass is 16.3. The molecule has 0 atom stereocenters. The van der Waals surface area contributed by atoms with Gasteiger partial charge in [0.2, 0.25) is 0 Å². The van der Waals surface area contributed by atoms with Crippen molar-refractivity contribution < 1.29 is 4.42 Å². The first-order valence-corrected chi connectivity index (χ1v) is 18.1. The van der Waals surface area contributed by atoms with Gasteiger partial charge >= 0.3 is 0 Å². The van der Waals surface area contributed by atoms with Crippen molar-refractivity contribution in [1.82, 2.24) is 9.97 Å². The number of rotatable bonds is 2. The highest BCUT2D eigenvalue weighted by Gasteiger charge is 2.19. The molecule has 2 heterocycles. The summed E-state index contributed by atoms with van der Waals surface area (Å²) >= 11 is 0. The van der Waals surface area contributed by atoms with E-state index in [1.807, 2.05) is 6.07 Å². The van der Waals surface area contributed by atoms with Crippen molar-refractivity contribution in [3.05, 3.63) is 170 Å². The summed E-state index contributed by atoms with van der Waals surface area (Å²) in [5.41, 5.74) is 5.81. The highest BCUT2D eigenvalue weighted by molar-refractivity contribution is 6.33. The van der Waals surface area contributed by atoms with Crippen molar-refractivity contribution in [2.24, 2.45) is 0 Å². The molecule has 2 aromatic heterocycles. The van der Waals surface area contributed by atoms with E-state index >= 15 is 0 Å². The summed E-state index contributed by atoms with van der Waals surface area (Å²) in [6, 6.07) is 60.7. The maximum absolute atomic E-state index is 6.82. The molecule has 0 saturated heterocycles. The van der Waals surface area contributed by atoms with Gasteiger partial charge in [-0.05, 0) is 78.1 Å². The van der Waals surface area contributed by atoms with Crippen LogP contribution in [0, 0.1) is 0 Å². The number of benzene rings is 10. The summed E-state index contributed by atoms with van der Waals surface area (Å²) in [4.78, 5) is 10.6. The molecule has 10 aromatic carbocycles. The molecule has 3 nitrogen and oxygen atoms in total. The smallest absolute Gasteiger partial charge is 0.160 e. The molecular weight excluding hydrogens is 645 g/mol. The molecule has 0 spiro atoms. The van der Waals surface area contributed by atoms with E-state index in [0.717, 1.165) is 55.0 Å². The lowest BCUT2D eigenvalue weighted by Crippen LogP contribution is -1.96. The predicted molar refractivity (Wildman–Crippen MR) is 223 cm³/mol. The SMILES string of the molecule is c1ccc(-c2nc(-c3ccc4c(c3)c3ccccc3c3cc5oc6c7ccccc7c7ccccc7c6c5cc43)nc3c2ccc2ccccc23)cc1. The fraction of sp³-hybridized carbons (Fsp3) is 0. The molecule has 0 bridgehead atoms. The second kappa shape index (κ2) is 10.7. The molecule has 0 N–H and O–H groups in total. The Bertz CT molecular complexity index is 3510. The quantitative estimate of drug-likeness (QED) is 0.172. The topological polar surface area (TPSA) is 38.9 Å². The van der Waals surface area contributed by atoms with Crippen LogP contribution in [0.15, 0.2) is 174 Å². The van der Waals surface area contributed by atoms with Gasteiger partial charge in [-0.25, -0.2) is 9.97 Å². The van der Waals surface area contributed by atoms with Crippen molar-refractivity contribution in [3.8, 4) is 22.6 Å². The van der Waals surface area contributed by atoms with E-state index in [0.29, 0.717) is 5.82 Å². The van der Waals surface area contributed by atoms with Crippen LogP contribution in [0.2, 0.25) is 0 Å². The van der Waals surface area contributed by atoms with Gasteiger partial charge in [0.05, 0.1) is 11.2 Å². The third-order valence-electron chi connectivity index (χ3n) is 11.2. The standard InChI is InChI=1S/C50H28N2O/c1-2-13-30(14-3-1)47-40-25-22-29-12-4-5-15-32(29)48(40)52-50(51-47)31-23-24-37-41(26-31)35-18-6-7-19-36(35)43-28-45-44(27-42(37)43)46-38-20-10-8-16-33(38)34-17-9-11-21-39(34)49(46)53-45/h1-28H. The number of nitrogens with zero attached hydrogens (tertiary/aromatic N) is 2. The molecule has 0 aliphatic rings. The molecule has 0 amide bonds. The van der Waals surface area contributed by atoms with Crippen molar-refractivity contribution in [2.75, 3.05) is 0 Å². The van der Waals surface area contributed by atoms with Crippen LogP contribution in [0.1, 0.15) is 0 Å². The Labute approximate surface area is 303 Å². The first-order valence-electron chi connectivity index (χ1n) is 18.1. The fourth-order valence-electron chi connectivity index (χ4n) is 8.80. The third-order valence-corrected chi connectivity index (χ3v) is 11.2. The fourth-order valence-corrected chi connectivity index (χ4v) is 8.80. The molecule has 3 heteroatoms. The van der Waals surface area contributed by atoms with Crippen LogP contribution in [0.3, 0.4) is 0 Å². The first kappa shape index (κ1) is 28.6. The van der Waals surface area contributed by atoms with Gasteiger partial charge in [-0.1, -0.05) is 146 Å². The molecule has 0 saturated carbocycles. The zero-order valence-corrected chi connectivity index (χ0v) is 28.5. The number of hydrogen-bond donors (Lipinski definition) is 0. The second-order valence-electron chi connectivity index (χ2n) is 14.0. The molecule has 244 valence electrons. The molecule has 0 fully saturated rings. The molecular formula is C50H28N2O. The number of aromatic nitrogens is 2. The Morgan fingerprint density at radius 2 is 0.906 bits per heavy atom. The summed E-state index contributed by atoms with van der Waals surface area (Å²) in [5.74, 6) is 0.716. The van der Waals surface area contributed by atoms with Gasteiger partial charge < -0.3 is 4.42 Å². The van der Waals surface area contributed by atoms with Crippen LogP contribution in [0.4, 0.5) is 0 Å². The second-order valence-corrected chi connectivity index (χ2v) is 14.0. The minimum atomic E-state index is 0.716. The van der Waals surface area contributed by atoms with Gasteiger partial charge in [-0.15, -0.1) is 0 Å². The number of furan rings is 1. The van der Waals surface area contributed by atoms with Crippen LogP contribution < -0.4 is 0 Å². The zero-order valence-electron chi connectivity index (χ0n) is 28.5. The Hall–Kier alpha value is -7.10. The summed E-state index contributed by atoms with van der Waals surface area (Å²) in [6.45, 7) is 0. The maximum atomic E-state index is 6.82. The van der Waals surface area contributed by atoms with Crippen LogP contribution >= 0.6 is 0 Å². The Kier molecular flexibility index (Phi) is 5.77. The van der Waals surface area contributed by atoms with Crippen LogP contribution in [0.5, 0.6) is 0 Å². The van der Waals surface area contributed by atoms with E-state index in [2.05, 4.69) is 164 Å². The lowest BCUT2D eigenvalue weighted by molar-refractivity contribution is 0.673. The average Bonchev–Trinajstić information content (AvgIpc) is 3.62. The van der Waals surface area contributed by atoms with Crippen LogP contribution in [-0.2, 0) is 0 Å². The molecule has 53 heavy (non-hydrogen) atoms. The van der Waals surface area contributed by atoms with Crippen molar-refractivity contribution in [2.45, 2.75) is 0 Å². The molecule has 0 unspecified atom stereocenters. The van der Waals surface area contributed by atoms with Gasteiger partial charge in [-0.2, -0.15) is 0 Å². The van der Waals surface area contributed by atoms with Crippen molar-refractivity contribution in [3.63, 3.8) is 0 Å². The summed E-state index contributed by atoms with van der Waals surface area (Å²) in [5, 5.41) is 17.6. The Morgan fingerprint density at radius 1 is 0.340 bits per heavy atom. The number of fused-ring (bicyclic) bond motifs is 17. The van der Waals surface area contributed by atoms with Gasteiger partial charge in [0.15, 0.2) is 5.82 Å². The number of hydrogen-bond acceptors (Lipinski definition) is 3. The van der Waals surface area contributed by atoms with E-state index in [1.54, 1.807) is 0 Å². The van der Waals surface area contributed by atoms with E-state index in [9.17, 15) is 0 Å². The summed E-state index contributed by atoms with van der Waals surface area (Å²) < 4.78 is 6.82. The van der Waals surface area contributed by atoms with Crippen LogP contribution in [0.25, 0.3) is 120 Å². The summed E-state index contributed by atoms with van der Waals surface area (Å²) in [6.07, 6.45) is 0. The van der Waals surface area contributed by atoms with Crippen molar-refractivity contribution >= 4 is 97.5 Å². The van der Waals surface area contributed by atoms with Gasteiger partial charge in [0.1, 0.15) is 11.2 Å². The molecule has 0 radical (unpaired) electrons. The van der Waals surface area contributed by atoms with Gasteiger partial charge in [0, 0.05) is 38.1 Å². The van der Waals surface area contributed by atoms with Gasteiger partial charge in [-0.3, -0.25) is 0 Å². The normalized spacial score (nSPS) is 12.2. The molecule has 12 rings (SSSR count). The zero-order chi connectivity index (χ0) is 34.6. The maximum Gasteiger partial charge on any atom is 0.160 e. The molecule has 0 aliphatic heterocycles. The predicted octanol–water partition coefficient (Wildman–Crippen LogP) is 13.8. The molecule has 12 aromatic rings. The minimum absolute atomic E-state index is 0.716. The average molecular weight is 673 g/mol. The van der Waals surface area contributed by atoms with E-state index in [1.165, 1.54) is 59.2 Å². The largest absolute Gasteiger partial charge is 0.455 e. The lowest BCUT2D eigenvalue weighted by Gasteiger charge is -2.14. The summed E-state index contributed by atoms with van der Waals surface area (Å²) in [7, 11) is 0. The van der Waals surface area contributed by atoms with Gasteiger partial charge in [0.25, 0.3) is 0 Å². The Morgan fingerprint density at radius 3 is 1.68 bits per heavy atom. The third kappa shape index (κ3) is 4.05. The van der Waals surface area contributed by atoms with Crippen LogP contribution in [-0.4, -0.2) is 9.97 Å². The lowest BCUT2D eigenvalue weighted by atomic mass is 9.91.